The van der Waals surface area contributed by atoms with Crippen molar-refractivity contribution in [3.8, 4) is 0 Å². The number of rotatable bonds is 13. The summed E-state index contributed by atoms with van der Waals surface area (Å²) in [5, 5.41) is 0. The predicted octanol–water partition coefficient (Wildman–Crippen LogP) is 5.51. The fourth-order valence-electron chi connectivity index (χ4n) is 3.25. The molecule has 1 aliphatic rings. The van der Waals surface area contributed by atoms with E-state index in [9.17, 15) is 0 Å². The van der Waals surface area contributed by atoms with Gasteiger partial charge in [-0.1, -0.05) is 64.7 Å². The normalized spacial score (nSPS) is 21.4. The molecule has 21 heavy (non-hydrogen) atoms. The zero-order valence-corrected chi connectivity index (χ0v) is 14.9. The van der Waals surface area contributed by atoms with E-state index in [4.69, 9.17) is 0 Å². The van der Waals surface area contributed by atoms with E-state index in [0.717, 1.165) is 11.0 Å². The number of quaternary nitrogens is 1. The molecule has 124 valence electrons. The van der Waals surface area contributed by atoms with Gasteiger partial charge in [-0.3, -0.25) is 4.48 Å². The van der Waals surface area contributed by atoms with E-state index in [-0.39, 0.29) is 0 Å². The molecule has 1 aliphatic heterocycles. The minimum Gasteiger partial charge on any atom is -0.326 e. The largest absolute Gasteiger partial charge is 0.326 e. The first kappa shape index (κ1) is 18.5. The van der Waals surface area contributed by atoms with E-state index >= 15 is 0 Å². The summed E-state index contributed by atoms with van der Waals surface area (Å²) in [6.07, 6.45) is 20.4. The molecule has 1 atom stereocenters. The van der Waals surface area contributed by atoms with Crippen molar-refractivity contribution in [2.45, 2.75) is 84.5 Å². The van der Waals surface area contributed by atoms with Crippen molar-refractivity contribution in [1.82, 2.24) is 4.90 Å². The third-order valence-corrected chi connectivity index (χ3v) is 4.82. The molecule has 2 heteroatoms. The Hall–Kier alpha value is -0.500. The van der Waals surface area contributed by atoms with Gasteiger partial charge >= 0.3 is 0 Å². The average Bonchev–Trinajstić information content (AvgIpc) is 2.87. The van der Waals surface area contributed by atoms with E-state index < -0.39 is 0 Å². The van der Waals surface area contributed by atoms with E-state index in [1.807, 2.05) is 0 Å². The molecule has 0 fully saturated rings. The van der Waals surface area contributed by atoms with E-state index in [0.29, 0.717) is 0 Å². The maximum atomic E-state index is 2.42. The van der Waals surface area contributed by atoms with Crippen LogP contribution in [0.15, 0.2) is 12.4 Å². The maximum absolute atomic E-state index is 2.42. The van der Waals surface area contributed by atoms with Crippen LogP contribution in [0.4, 0.5) is 0 Å². The second-order valence-corrected chi connectivity index (χ2v) is 7.08. The van der Waals surface area contributed by atoms with Crippen molar-refractivity contribution >= 4 is 0 Å². The molecule has 0 saturated carbocycles. The third kappa shape index (κ3) is 8.50. The summed E-state index contributed by atoms with van der Waals surface area (Å²) < 4.78 is 1.12. The van der Waals surface area contributed by atoms with Gasteiger partial charge in [-0.25, -0.2) is 0 Å². The molecule has 0 bridgehead atoms. The van der Waals surface area contributed by atoms with Crippen molar-refractivity contribution < 1.29 is 4.48 Å². The summed E-state index contributed by atoms with van der Waals surface area (Å²) in [6.45, 7) is 8.16. The van der Waals surface area contributed by atoms with Gasteiger partial charge in [0.05, 0.1) is 19.8 Å². The number of hydrogen-bond donors (Lipinski definition) is 0. The molecule has 0 aromatic heterocycles. The molecule has 0 N–H and O–H groups in total. The van der Waals surface area contributed by atoms with Gasteiger partial charge in [0.15, 0.2) is 6.67 Å². The summed E-state index contributed by atoms with van der Waals surface area (Å²) in [5.41, 5.74) is 0. The molecule has 0 aromatic rings. The van der Waals surface area contributed by atoms with E-state index in [1.54, 1.807) is 0 Å². The van der Waals surface area contributed by atoms with Crippen molar-refractivity contribution in [2.24, 2.45) is 0 Å². The van der Waals surface area contributed by atoms with Gasteiger partial charge in [-0.2, -0.15) is 0 Å². The molecular formula is C19H39N2+. The highest BCUT2D eigenvalue weighted by molar-refractivity contribution is 4.80. The van der Waals surface area contributed by atoms with E-state index in [1.165, 1.54) is 83.8 Å². The Labute approximate surface area is 133 Å². The molecule has 0 aliphatic carbocycles. The standard InChI is InChI=1S/C19H39N2/c1-4-6-7-8-9-10-11-12-13-14-15-17-21(3)18-16-20(5-2)19-21/h16,18H,4-15,17,19H2,1-3H3/q+1. The predicted molar refractivity (Wildman–Crippen MR) is 93.9 cm³/mol. The Morgan fingerprint density at radius 1 is 0.810 bits per heavy atom. The van der Waals surface area contributed by atoms with Crippen LogP contribution in [-0.4, -0.2) is 36.2 Å². The summed E-state index contributed by atoms with van der Waals surface area (Å²) >= 11 is 0. The van der Waals surface area contributed by atoms with Crippen LogP contribution in [0.25, 0.3) is 0 Å². The molecule has 0 spiro atoms. The number of unbranched alkanes of at least 4 members (excludes halogenated alkanes) is 10. The first-order valence-electron chi connectivity index (χ1n) is 9.48. The summed E-state index contributed by atoms with van der Waals surface area (Å²) in [7, 11) is 2.36. The highest BCUT2D eigenvalue weighted by Gasteiger charge is 2.25. The van der Waals surface area contributed by atoms with Gasteiger partial charge in [0.25, 0.3) is 0 Å². The van der Waals surface area contributed by atoms with Crippen LogP contribution in [0.3, 0.4) is 0 Å². The lowest BCUT2D eigenvalue weighted by Gasteiger charge is -2.28. The Morgan fingerprint density at radius 3 is 1.81 bits per heavy atom. The maximum Gasteiger partial charge on any atom is 0.158 e. The summed E-state index contributed by atoms with van der Waals surface area (Å²) in [6, 6.07) is 0. The van der Waals surface area contributed by atoms with Gasteiger partial charge in [-0.15, -0.1) is 0 Å². The van der Waals surface area contributed by atoms with Crippen molar-refractivity contribution in [1.29, 1.82) is 0 Å². The quantitative estimate of drug-likeness (QED) is 0.320. The van der Waals surface area contributed by atoms with Gasteiger partial charge < -0.3 is 4.90 Å². The second-order valence-electron chi connectivity index (χ2n) is 7.08. The monoisotopic (exact) mass is 295 g/mol. The first-order valence-corrected chi connectivity index (χ1v) is 9.48. The SMILES string of the molecule is CCCCCCCCCCCCC[N+]1(C)C=CN(CC)C1. The molecule has 0 saturated heterocycles. The molecule has 1 unspecified atom stereocenters. The van der Waals surface area contributed by atoms with Crippen LogP contribution < -0.4 is 0 Å². The minimum absolute atomic E-state index is 1.12. The lowest BCUT2D eigenvalue weighted by Crippen LogP contribution is -2.41. The van der Waals surface area contributed by atoms with Crippen molar-refractivity contribution in [2.75, 3.05) is 26.8 Å². The molecule has 2 nitrogen and oxygen atoms in total. The van der Waals surface area contributed by atoms with Crippen molar-refractivity contribution in [3.63, 3.8) is 0 Å². The van der Waals surface area contributed by atoms with Gasteiger partial charge in [-0.05, 0) is 19.8 Å². The fourth-order valence-corrected chi connectivity index (χ4v) is 3.25. The lowest BCUT2D eigenvalue weighted by molar-refractivity contribution is -0.861. The highest BCUT2D eigenvalue weighted by Crippen LogP contribution is 2.17. The summed E-state index contributed by atoms with van der Waals surface area (Å²) in [4.78, 5) is 2.42. The van der Waals surface area contributed by atoms with Crippen LogP contribution in [0.1, 0.15) is 84.5 Å². The second kappa shape index (κ2) is 11.1. The third-order valence-electron chi connectivity index (χ3n) is 4.82. The first-order chi connectivity index (χ1) is 10.2. The lowest BCUT2D eigenvalue weighted by atomic mass is 10.1. The topological polar surface area (TPSA) is 3.24 Å². The van der Waals surface area contributed by atoms with Crippen LogP contribution in [-0.2, 0) is 0 Å². The van der Waals surface area contributed by atoms with Crippen molar-refractivity contribution in [3.05, 3.63) is 12.4 Å². The zero-order valence-electron chi connectivity index (χ0n) is 14.9. The van der Waals surface area contributed by atoms with Gasteiger partial charge in [0.2, 0.25) is 0 Å². The Bertz CT molecular complexity index is 275. The molecule has 0 aromatic carbocycles. The van der Waals surface area contributed by atoms with Gasteiger partial charge in [0.1, 0.15) is 6.20 Å². The number of nitrogens with zero attached hydrogens (tertiary/aromatic N) is 2. The Morgan fingerprint density at radius 2 is 1.33 bits per heavy atom. The molecule has 1 rings (SSSR count). The molecular weight excluding hydrogens is 256 g/mol. The van der Waals surface area contributed by atoms with Crippen LogP contribution in [0.5, 0.6) is 0 Å². The van der Waals surface area contributed by atoms with Crippen LogP contribution in [0.2, 0.25) is 0 Å². The fraction of sp³-hybridized carbons (Fsp3) is 0.895. The molecule has 0 amide bonds. The Kier molecular flexibility index (Phi) is 9.82. The molecule has 1 heterocycles. The van der Waals surface area contributed by atoms with E-state index in [2.05, 4.69) is 38.2 Å². The smallest absolute Gasteiger partial charge is 0.158 e. The molecule has 0 radical (unpaired) electrons. The number of hydrogen-bond acceptors (Lipinski definition) is 1. The van der Waals surface area contributed by atoms with Crippen LogP contribution in [0, 0.1) is 0 Å². The zero-order chi connectivity index (χ0) is 15.4. The van der Waals surface area contributed by atoms with Crippen LogP contribution >= 0.6 is 0 Å². The summed E-state index contributed by atoms with van der Waals surface area (Å²) in [5.74, 6) is 0. The minimum atomic E-state index is 1.12. The highest BCUT2D eigenvalue weighted by atomic mass is 15.5. The van der Waals surface area contributed by atoms with Gasteiger partial charge in [0, 0.05) is 6.54 Å². The Balaban J connectivity index is 1.86. The average molecular weight is 296 g/mol.